The molecule has 6 aromatic rings. The number of ether oxygens (including phenoxy) is 1. The van der Waals surface area contributed by atoms with Gasteiger partial charge in [-0.3, -0.25) is 20.0 Å². The Hall–Kier alpha value is -7.38. The summed E-state index contributed by atoms with van der Waals surface area (Å²) in [6, 6.07) is 21.9. The van der Waals surface area contributed by atoms with E-state index in [4.69, 9.17) is 20.2 Å². The lowest BCUT2D eigenvalue weighted by atomic mass is 10.0. The van der Waals surface area contributed by atoms with Crippen LogP contribution >= 0.6 is 0 Å². The lowest BCUT2D eigenvalue weighted by Gasteiger charge is -2.08. The zero-order valence-electron chi connectivity index (χ0n) is 31.2. The van der Waals surface area contributed by atoms with Gasteiger partial charge in [-0.25, -0.2) is 20.2 Å². The summed E-state index contributed by atoms with van der Waals surface area (Å²) in [4.78, 5) is 41.6. The molecule has 8 rings (SSSR count). The van der Waals surface area contributed by atoms with Gasteiger partial charge in [0.15, 0.2) is 0 Å². The predicted molar refractivity (Wildman–Crippen MR) is 217 cm³/mol. The van der Waals surface area contributed by atoms with Crippen molar-refractivity contribution in [2.75, 3.05) is 20.3 Å². The highest BCUT2D eigenvalue weighted by Crippen LogP contribution is 2.37. The maximum atomic E-state index is 12.2. The summed E-state index contributed by atoms with van der Waals surface area (Å²) in [5, 5.41) is 28.3. The van der Waals surface area contributed by atoms with Gasteiger partial charge in [-0.1, -0.05) is 47.9 Å². The highest BCUT2D eigenvalue weighted by atomic mass is 16.5. The molecule has 1 amide bonds. The first-order valence-corrected chi connectivity index (χ1v) is 18.4. The van der Waals surface area contributed by atoms with E-state index in [0.717, 1.165) is 35.1 Å². The third kappa shape index (κ3) is 9.34. The minimum absolute atomic E-state index is 0.190. The van der Waals surface area contributed by atoms with Crippen LogP contribution in [0, 0.1) is 71.0 Å². The van der Waals surface area contributed by atoms with Crippen LogP contribution in [-0.2, 0) is 4.74 Å². The molecule has 11 heteroatoms. The van der Waals surface area contributed by atoms with E-state index in [1.165, 1.54) is 7.11 Å². The topological polar surface area (TPSA) is 168 Å². The fraction of sp³-hybridized carbons (Fsp3) is 0.191. The van der Waals surface area contributed by atoms with E-state index in [1.54, 1.807) is 54.5 Å². The van der Waals surface area contributed by atoms with Crippen LogP contribution in [0.1, 0.15) is 44.7 Å². The smallest absolute Gasteiger partial charge is 0.338 e. The molecule has 0 saturated heterocycles. The minimum Gasteiger partial charge on any atom is -0.465 e. The second-order valence-electron chi connectivity index (χ2n) is 13.6. The fourth-order valence-electron chi connectivity index (χ4n) is 6.13. The van der Waals surface area contributed by atoms with E-state index in [-0.39, 0.29) is 25.0 Å². The molecular weight excluding hydrogens is 731 g/mol. The van der Waals surface area contributed by atoms with Crippen LogP contribution in [0.15, 0.2) is 97.6 Å². The van der Waals surface area contributed by atoms with Crippen molar-refractivity contribution in [1.29, 1.82) is 0 Å². The van der Waals surface area contributed by atoms with Crippen molar-refractivity contribution in [2.45, 2.75) is 12.8 Å². The first kappa shape index (κ1) is 38.9. The molecule has 4 heterocycles. The van der Waals surface area contributed by atoms with Gasteiger partial charge in [-0.2, -0.15) is 0 Å². The maximum absolute atomic E-state index is 12.2. The van der Waals surface area contributed by atoms with Crippen molar-refractivity contribution in [3.05, 3.63) is 120 Å². The molecule has 284 valence electrons. The summed E-state index contributed by atoms with van der Waals surface area (Å²) in [6.45, 7) is 0.389. The average Bonchev–Trinajstić information content (AvgIpc) is 4.22. The molecule has 2 aromatic carbocycles. The van der Waals surface area contributed by atoms with Crippen LogP contribution in [0.2, 0.25) is 0 Å². The third-order valence-corrected chi connectivity index (χ3v) is 9.70. The molecule has 2 unspecified atom stereocenters. The molecule has 58 heavy (non-hydrogen) atoms. The van der Waals surface area contributed by atoms with Crippen LogP contribution in [0.4, 0.5) is 0 Å². The van der Waals surface area contributed by atoms with Gasteiger partial charge in [0.1, 0.15) is 0 Å². The quantitative estimate of drug-likeness (QED) is 0.0740. The molecule has 2 aliphatic carbocycles. The normalized spacial score (nSPS) is 16.9. The lowest BCUT2D eigenvalue weighted by Crippen LogP contribution is -2.19. The van der Waals surface area contributed by atoms with Crippen LogP contribution in [0.5, 0.6) is 0 Å². The molecule has 0 aliphatic heterocycles. The first-order valence-electron chi connectivity index (χ1n) is 18.4. The molecule has 0 bridgehead atoms. The Balaban J connectivity index is 0.000000177. The number of nitrogens with one attached hydrogen (secondary N) is 1. The number of hydroxylamine groups is 1. The number of fused-ring (bicyclic) bond motifs is 2. The second-order valence-corrected chi connectivity index (χ2v) is 13.6. The van der Waals surface area contributed by atoms with Crippen molar-refractivity contribution in [3.8, 4) is 69.9 Å². The lowest BCUT2D eigenvalue weighted by molar-refractivity contribution is 0.0602. The van der Waals surface area contributed by atoms with Crippen LogP contribution in [-0.4, -0.2) is 67.6 Å². The van der Waals surface area contributed by atoms with E-state index in [0.29, 0.717) is 56.2 Å². The zero-order valence-corrected chi connectivity index (χ0v) is 31.2. The van der Waals surface area contributed by atoms with Gasteiger partial charge in [0, 0.05) is 82.9 Å². The zero-order chi connectivity index (χ0) is 40.4. The van der Waals surface area contributed by atoms with Crippen molar-refractivity contribution in [2.24, 2.45) is 23.7 Å². The maximum Gasteiger partial charge on any atom is 0.338 e. The predicted octanol–water partition coefficient (Wildman–Crippen LogP) is 5.47. The number of rotatable bonds is 6. The number of amides is 1. The Kier molecular flexibility index (Phi) is 12.1. The molecule has 4 N–H and O–H groups in total. The SMILES string of the molecule is COC(=O)c1cc(-c2ccc(C#CC#CC3C[C@H]3CO)cc2)nc2ccncc12.O=C(NO)c1cc(-c2ccc(C#CC#CC3C[C@H]3CO)cc2)nc2ccncc12. The molecule has 4 aromatic heterocycles. The number of esters is 1. The summed E-state index contributed by atoms with van der Waals surface area (Å²) in [7, 11) is 1.36. The number of aromatic nitrogens is 4. The molecule has 11 nitrogen and oxygen atoms in total. The molecular formula is C47H35N5O6. The van der Waals surface area contributed by atoms with Gasteiger partial charge in [0.25, 0.3) is 5.91 Å². The minimum atomic E-state index is -0.619. The number of carbonyl (C=O) groups is 2. The Bertz CT molecular complexity index is 2580. The van der Waals surface area contributed by atoms with Crippen molar-refractivity contribution >= 4 is 33.7 Å². The number of aliphatic hydroxyl groups excluding tert-OH is 2. The number of methoxy groups -OCH3 is 1. The van der Waals surface area contributed by atoms with Gasteiger partial charge in [0.05, 0.1) is 40.7 Å². The number of pyridine rings is 4. The second kappa shape index (κ2) is 18.0. The van der Waals surface area contributed by atoms with E-state index >= 15 is 0 Å². The number of nitrogens with zero attached hydrogens (tertiary/aromatic N) is 4. The highest BCUT2D eigenvalue weighted by Gasteiger charge is 2.35. The van der Waals surface area contributed by atoms with Gasteiger partial charge < -0.3 is 14.9 Å². The van der Waals surface area contributed by atoms with E-state index < -0.39 is 11.9 Å². The Morgan fingerprint density at radius 3 is 1.59 bits per heavy atom. The largest absolute Gasteiger partial charge is 0.465 e. The molecule has 0 radical (unpaired) electrons. The molecule has 2 fully saturated rings. The summed E-state index contributed by atoms with van der Waals surface area (Å²) in [6.07, 6.45) is 8.31. The Morgan fingerprint density at radius 1 is 0.690 bits per heavy atom. The average molecular weight is 766 g/mol. The van der Waals surface area contributed by atoms with Gasteiger partial charge in [-0.05, 0) is 96.9 Å². The number of hydrogen-bond acceptors (Lipinski definition) is 10. The number of benzene rings is 2. The monoisotopic (exact) mass is 765 g/mol. The highest BCUT2D eigenvalue weighted by molar-refractivity contribution is 6.06. The number of hydrogen-bond donors (Lipinski definition) is 4. The van der Waals surface area contributed by atoms with Crippen LogP contribution < -0.4 is 5.48 Å². The standard InChI is InChI=1S/C24H18N2O3.C23H17N3O3/c1-29-24(28)20-13-23(26-22-10-11-25-14-21(20)22)17-8-6-16(7-9-17)4-2-3-5-18-12-19(18)15-27;27-14-18-11-17(18)4-2-1-3-15-5-7-16(8-6-15)22-12-19(23(28)26-29)20-13-24-10-9-21(20)25-22/h6-11,13-14,18-19,27H,12,15H2,1H3;5-10,12-13,17-18,27,29H,11,14H2,(H,26,28)/t18?,19-;17?,18-/m00/s1. The third-order valence-electron chi connectivity index (χ3n) is 9.70. The number of carbonyl (C=O) groups excluding carboxylic acids is 2. The van der Waals surface area contributed by atoms with Crippen LogP contribution in [0.25, 0.3) is 44.3 Å². The molecule has 4 atom stereocenters. The Morgan fingerprint density at radius 2 is 1.16 bits per heavy atom. The van der Waals surface area contributed by atoms with Crippen molar-refractivity contribution < 1.29 is 29.7 Å². The summed E-state index contributed by atoms with van der Waals surface area (Å²) in [5.41, 5.74) is 8.30. The fourth-order valence-corrected chi connectivity index (χ4v) is 6.13. The van der Waals surface area contributed by atoms with Crippen LogP contribution in [0.3, 0.4) is 0 Å². The van der Waals surface area contributed by atoms with E-state index in [9.17, 15) is 9.59 Å². The molecule has 0 spiro atoms. The Labute approximate surface area is 334 Å². The number of aliphatic hydroxyl groups is 2. The molecule has 2 saturated carbocycles. The summed E-state index contributed by atoms with van der Waals surface area (Å²) >= 11 is 0. The summed E-state index contributed by atoms with van der Waals surface area (Å²) in [5.74, 6) is 23.7. The summed E-state index contributed by atoms with van der Waals surface area (Å²) < 4.78 is 4.90. The van der Waals surface area contributed by atoms with E-state index in [2.05, 4.69) is 67.3 Å². The molecule has 2 aliphatic rings. The van der Waals surface area contributed by atoms with Crippen molar-refractivity contribution in [1.82, 2.24) is 25.4 Å². The van der Waals surface area contributed by atoms with E-state index in [1.807, 2.05) is 48.5 Å². The first-order chi connectivity index (χ1) is 28.4. The van der Waals surface area contributed by atoms with Gasteiger partial charge in [-0.15, -0.1) is 0 Å². The van der Waals surface area contributed by atoms with Gasteiger partial charge in [0.2, 0.25) is 0 Å². The van der Waals surface area contributed by atoms with Gasteiger partial charge >= 0.3 is 5.97 Å². The van der Waals surface area contributed by atoms with Crippen molar-refractivity contribution in [3.63, 3.8) is 0 Å².